The first-order valence-corrected chi connectivity index (χ1v) is 5.09. The highest BCUT2D eigenvalue weighted by Gasteiger charge is 2.00. The van der Waals surface area contributed by atoms with Gasteiger partial charge >= 0.3 is 0 Å². The van der Waals surface area contributed by atoms with E-state index >= 15 is 0 Å². The summed E-state index contributed by atoms with van der Waals surface area (Å²) in [6.07, 6.45) is 1.73. The number of nitrogens with two attached hydrogens (primary N) is 1. The van der Waals surface area contributed by atoms with E-state index in [4.69, 9.17) is 10.8 Å². The van der Waals surface area contributed by atoms with Crippen molar-refractivity contribution in [1.29, 1.82) is 0 Å². The van der Waals surface area contributed by atoms with Gasteiger partial charge in [0.25, 0.3) is 0 Å². The van der Waals surface area contributed by atoms with Crippen molar-refractivity contribution < 1.29 is 5.11 Å². The Kier molecular flexibility index (Phi) is 3.28. The number of aliphatic hydroxyl groups excluding tert-OH is 1. The summed E-state index contributed by atoms with van der Waals surface area (Å²) < 4.78 is 1.70. The molecule has 5 nitrogen and oxygen atoms in total. The Hall–Kier alpha value is -1.72. The predicted molar refractivity (Wildman–Crippen MR) is 59.4 cm³/mol. The Labute approximate surface area is 93.5 Å². The largest absolute Gasteiger partial charge is 0.390 e. The number of benzene rings is 1. The second kappa shape index (κ2) is 4.87. The van der Waals surface area contributed by atoms with Gasteiger partial charge < -0.3 is 10.8 Å². The van der Waals surface area contributed by atoms with E-state index in [1.165, 1.54) is 0 Å². The minimum atomic E-state index is -0.0773. The van der Waals surface area contributed by atoms with Gasteiger partial charge in [0.05, 0.1) is 19.3 Å². The molecule has 16 heavy (non-hydrogen) atoms. The van der Waals surface area contributed by atoms with Crippen molar-refractivity contribution >= 4 is 0 Å². The van der Waals surface area contributed by atoms with Crippen molar-refractivity contribution in [3.8, 4) is 0 Å². The molecule has 1 heterocycles. The number of aliphatic hydroxyl groups is 1. The second-order valence-electron chi connectivity index (χ2n) is 3.59. The average Bonchev–Trinajstić information content (AvgIpc) is 2.78. The lowest BCUT2D eigenvalue weighted by molar-refractivity contribution is 0.276. The van der Waals surface area contributed by atoms with Gasteiger partial charge in [-0.2, -0.15) is 0 Å². The molecular formula is C11H14N4O. The van der Waals surface area contributed by atoms with Crippen LogP contribution < -0.4 is 5.73 Å². The van der Waals surface area contributed by atoms with E-state index in [2.05, 4.69) is 10.3 Å². The van der Waals surface area contributed by atoms with Crippen molar-refractivity contribution in [1.82, 2.24) is 15.0 Å². The van der Waals surface area contributed by atoms with E-state index in [-0.39, 0.29) is 6.61 Å². The maximum absolute atomic E-state index is 8.86. The maximum atomic E-state index is 8.86. The number of rotatable bonds is 4. The first-order valence-electron chi connectivity index (χ1n) is 5.09. The summed E-state index contributed by atoms with van der Waals surface area (Å²) in [7, 11) is 0. The van der Waals surface area contributed by atoms with Crippen LogP contribution in [0.15, 0.2) is 30.5 Å². The molecule has 1 aromatic carbocycles. The van der Waals surface area contributed by atoms with Crippen LogP contribution in [0.5, 0.6) is 0 Å². The fourth-order valence-corrected chi connectivity index (χ4v) is 1.46. The lowest BCUT2D eigenvalue weighted by Crippen LogP contribution is -2.01. The highest BCUT2D eigenvalue weighted by atomic mass is 16.3. The molecule has 0 atom stereocenters. The Bertz CT molecular complexity index is 449. The second-order valence-corrected chi connectivity index (χ2v) is 3.59. The Morgan fingerprint density at radius 2 is 1.88 bits per heavy atom. The molecule has 0 bridgehead atoms. The van der Waals surface area contributed by atoms with Crippen molar-refractivity contribution in [2.45, 2.75) is 19.7 Å². The Morgan fingerprint density at radius 1 is 1.19 bits per heavy atom. The molecule has 0 aliphatic heterocycles. The molecule has 0 radical (unpaired) electrons. The SMILES string of the molecule is NCc1ccc(Cn2cc(CO)nn2)cc1. The fourth-order valence-electron chi connectivity index (χ4n) is 1.46. The van der Waals surface area contributed by atoms with Gasteiger partial charge in [-0.15, -0.1) is 5.10 Å². The zero-order valence-corrected chi connectivity index (χ0v) is 8.87. The molecule has 0 fully saturated rings. The van der Waals surface area contributed by atoms with E-state index in [0.717, 1.165) is 11.1 Å². The molecule has 0 unspecified atom stereocenters. The number of aromatic nitrogens is 3. The van der Waals surface area contributed by atoms with Crippen LogP contribution in [0.3, 0.4) is 0 Å². The molecule has 0 aliphatic carbocycles. The van der Waals surface area contributed by atoms with Gasteiger partial charge in [0.2, 0.25) is 0 Å². The minimum Gasteiger partial charge on any atom is -0.390 e. The molecule has 2 aromatic rings. The zero-order chi connectivity index (χ0) is 11.4. The molecule has 0 spiro atoms. The van der Waals surface area contributed by atoms with Crippen LogP contribution in [0.25, 0.3) is 0 Å². The van der Waals surface area contributed by atoms with Crippen molar-refractivity contribution in [3.63, 3.8) is 0 Å². The topological polar surface area (TPSA) is 77.0 Å². The van der Waals surface area contributed by atoms with E-state index in [1.54, 1.807) is 10.9 Å². The molecule has 0 amide bonds. The monoisotopic (exact) mass is 218 g/mol. The summed E-state index contributed by atoms with van der Waals surface area (Å²) in [5.74, 6) is 0. The van der Waals surface area contributed by atoms with Gasteiger partial charge in [0.15, 0.2) is 0 Å². The summed E-state index contributed by atoms with van der Waals surface area (Å²) in [6, 6.07) is 8.03. The molecule has 1 aromatic heterocycles. The number of hydrogen-bond acceptors (Lipinski definition) is 4. The van der Waals surface area contributed by atoms with Crippen molar-refractivity contribution in [3.05, 3.63) is 47.3 Å². The molecular weight excluding hydrogens is 204 g/mol. The summed E-state index contributed by atoms with van der Waals surface area (Å²) >= 11 is 0. The molecule has 0 saturated carbocycles. The van der Waals surface area contributed by atoms with E-state index < -0.39 is 0 Å². The molecule has 5 heteroatoms. The summed E-state index contributed by atoms with van der Waals surface area (Å²) in [5.41, 5.74) is 8.34. The lowest BCUT2D eigenvalue weighted by atomic mass is 10.1. The van der Waals surface area contributed by atoms with Gasteiger partial charge in [0, 0.05) is 6.54 Å². The third kappa shape index (κ3) is 2.44. The van der Waals surface area contributed by atoms with Gasteiger partial charge in [-0.3, -0.25) is 0 Å². The van der Waals surface area contributed by atoms with Gasteiger partial charge in [0.1, 0.15) is 5.69 Å². The molecule has 0 aliphatic rings. The van der Waals surface area contributed by atoms with Crippen LogP contribution in [-0.4, -0.2) is 20.1 Å². The van der Waals surface area contributed by atoms with Crippen LogP contribution >= 0.6 is 0 Å². The van der Waals surface area contributed by atoms with Crippen molar-refractivity contribution in [2.24, 2.45) is 5.73 Å². The number of hydrogen-bond donors (Lipinski definition) is 2. The van der Waals surface area contributed by atoms with Crippen LogP contribution in [0.1, 0.15) is 16.8 Å². The molecule has 84 valence electrons. The Balaban J connectivity index is 2.08. The van der Waals surface area contributed by atoms with Crippen molar-refractivity contribution in [2.75, 3.05) is 0 Å². The predicted octanol–water partition coefficient (Wildman–Crippen LogP) is 0.277. The highest BCUT2D eigenvalue weighted by Crippen LogP contribution is 2.05. The zero-order valence-electron chi connectivity index (χ0n) is 8.87. The molecule has 2 rings (SSSR count). The lowest BCUT2D eigenvalue weighted by Gasteiger charge is -2.02. The standard InChI is InChI=1S/C11H14N4O/c12-5-9-1-3-10(4-2-9)6-15-7-11(8-16)13-14-15/h1-4,7,16H,5-6,8,12H2. The third-order valence-corrected chi connectivity index (χ3v) is 2.35. The summed E-state index contributed by atoms with van der Waals surface area (Å²) in [4.78, 5) is 0. The molecule has 3 N–H and O–H groups in total. The van der Waals surface area contributed by atoms with Gasteiger partial charge in [-0.25, -0.2) is 4.68 Å². The van der Waals surface area contributed by atoms with Crippen LogP contribution in [0, 0.1) is 0 Å². The average molecular weight is 218 g/mol. The van der Waals surface area contributed by atoms with Gasteiger partial charge in [-0.1, -0.05) is 29.5 Å². The normalized spacial score (nSPS) is 10.6. The van der Waals surface area contributed by atoms with Crippen LogP contribution in [0.2, 0.25) is 0 Å². The minimum absolute atomic E-state index is 0.0773. The van der Waals surface area contributed by atoms with E-state index in [9.17, 15) is 0 Å². The first-order chi connectivity index (χ1) is 7.81. The van der Waals surface area contributed by atoms with Crippen LogP contribution in [-0.2, 0) is 19.7 Å². The van der Waals surface area contributed by atoms with Crippen LogP contribution in [0.4, 0.5) is 0 Å². The number of nitrogens with zero attached hydrogens (tertiary/aromatic N) is 3. The third-order valence-electron chi connectivity index (χ3n) is 2.35. The quantitative estimate of drug-likeness (QED) is 0.772. The smallest absolute Gasteiger partial charge is 0.108 e. The highest BCUT2D eigenvalue weighted by molar-refractivity contribution is 5.22. The summed E-state index contributed by atoms with van der Waals surface area (Å²) in [5, 5.41) is 16.6. The summed E-state index contributed by atoms with van der Waals surface area (Å²) in [6.45, 7) is 1.13. The molecule has 0 saturated heterocycles. The first kappa shape index (κ1) is 10.8. The van der Waals surface area contributed by atoms with Gasteiger partial charge in [-0.05, 0) is 11.1 Å². The fraction of sp³-hybridized carbons (Fsp3) is 0.273. The maximum Gasteiger partial charge on any atom is 0.108 e. The Morgan fingerprint density at radius 3 is 2.44 bits per heavy atom. The van der Waals surface area contributed by atoms with E-state index in [0.29, 0.717) is 18.8 Å². The van der Waals surface area contributed by atoms with E-state index in [1.807, 2.05) is 24.3 Å².